The summed E-state index contributed by atoms with van der Waals surface area (Å²) < 4.78 is 55.9. The van der Waals surface area contributed by atoms with Crippen molar-refractivity contribution in [3.8, 4) is 0 Å². The first-order valence-corrected chi connectivity index (χ1v) is 14.3. The Morgan fingerprint density at radius 2 is 1.67 bits per heavy atom. The summed E-state index contributed by atoms with van der Waals surface area (Å²) in [6.45, 7) is 7.67. The van der Waals surface area contributed by atoms with Gasteiger partial charge in [0.1, 0.15) is 0 Å². The third kappa shape index (κ3) is 7.09. The molecule has 1 N–H and O–H groups in total. The smallest absolute Gasteiger partial charge is 0.243 e. The molecule has 0 heterocycles. The van der Waals surface area contributed by atoms with Crippen LogP contribution in [0.25, 0.3) is 0 Å². The molecule has 0 radical (unpaired) electrons. The SMILES string of the molecule is CCCS(=O)(=O)Nc1ccc(N(C)C)c(CN(C(C)C(C)C)S(=O)(=O)c2cccc(Cl)c2)c1. The van der Waals surface area contributed by atoms with E-state index in [2.05, 4.69) is 4.72 Å². The van der Waals surface area contributed by atoms with Crippen LogP contribution in [0.15, 0.2) is 47.4 Å². The lowest BCUT2D eigenvalue weighted by molar-refractivity contribution is 0.270. The standard InChI is InChI=1S/C23H34ClN3O4S2/c1-7-13-32(28,29)25-21-11-12-23(26(5)6)19(14-21)16-27(18(4)17(2)3)33(30,31)22-10-8-9-20(24)15-22/h8-12,14-15,17-18,25H,7,13,16H2,1-6H3. The summed E-state index contributed by atoms with van der Waals surface area (Å²) in [5.41, 5.74) is 1.90. The van der Waals surface area contributed by atoms with Crippen LogP contribution in [0.4, 0.5) is 11.4 Å². The second-order valence-electron chi connectivity index (χ2n) is 8.65. The van der Waals surface area contributed by atoms with Gasteiger partial charge >= 0.3 is 0 Å². The molecule has 33 heavy (non-hydrogen) atoms. The highest BCUT2D eigenvalue weighted by Gasteiger charge is 2.32. The van der Waals surface area contributed by atoms with Crippen LogP contribution < -0.4 is 9.62 Å². The molecular formula is C23H34ClN3O4S2. The van der Waals surface area contributed by atoms with Gasteiger partial charge in [-0.3, -0.25) is 4.72 Å². The summed E-state index contributed by atoms with van der Waals surface area (Å²) in [5.74, 6) is 0.0604. The Morgan fingerprint density at radius 1 is 1.00 bits per heavy atom. The van der Waals surface area contributed by atoms with E-state index in [0.29, 0.717) is 22.7 Å². The number of nitrogens with zero attached hydrogens (tertiary/aromatic N) is 2. The van der Waals surface area contributed by atoms with Gasteiger partial charge in [0, 0.05) is 43.1 Å². The number of anilines is 2. The maximum Gasteiger partial charge on any atom is 0.243 e. The first-order valence-electron chi connectivity index (χ1n) is 10.9. The summed E-state index contributed by atoms with van der Waals surface area (Å²) in [5, 5.41) is 0.342. The number of hydrogen-bond acceptors (Lipinski definition) is 5. The number of sulfonamides is 2. The lowest BCUT2D eigenvalue weighted by Gasteiger charge is -2.32. The Hall–Kier alpha value is -1.81. The summed E-state index contributed by atoms with van der Waals surface area (Å²) >= 11 is 6.08. The van der Waals surface area contributed by atoms with E-state index in [0.717, 1.165) is 5.69 Å². The molecule has 2 rings (SSSR count). The fourth-order valence-corrected chi connectivity index (χ4v) is 6.59. The van der Waals surface area contributed by atoms with E-state index in [-0.39, 0.29) is 29.2 Å². The fraction of sp³-hybridized carbons (Fsp3) is 0.478. The van der Waals surface area contributed by atoms with Crippen molar-refractivity contribution in [2.75, 3.05) is 29.5 Å². The topological polar surface area (TPSA) is 86.8 Å². The zero-order chi connectivity index (χ0) is 25.0. The zero-order valence-corrected chi connectivity index (χ0v) is 22.4. The minimum atomic E-state index is -3.87. The van der Waals surface area contributed by atoms with Crippen LogP contribution in [0.3, 0.4) is 0 Å². The molecule has 0 aliphatic heterocycles. The van der Waals surface area contributed by atoms with Crippen molar-refractivity contribution in [1.29, 1.82) is 0 Å². The lowest BCUT2D eigenvalue weighted by Crippen LogP contribution is -2.41. The Morgan fingerprint density at radius 3 is 2.21 bits per heavy atom. The quantitative estimate of drug-likeness (QED) is 0.464. The molecule has 0 amide bonds. The van der Waals surface area contributed by atoms with Crippen LogP contribution >= 0.6 is 11.6 Å². The highest BCUT2D eigenvalue weighted by molar-refractivity contribution is 7.92. The molecule has 184 valence electrons. The summed E-state index contributed by atoms with van der Waals surface area (Å²) in [7, 11) is -3.63. The molecule has 0 fully saturated rings. The van der Waals surface area contributed by atoms with Crippen molar-refractivity contribution < 1.29 is 16.8 Å². The number of benzene rings is 2. The van der Waals surface area contributed by atoms with Crippen molar-refractivity contribution in [3.05, 3.63) is 53.1 Å². The minimum absolute atomic E-state index is 0.0113. The van der Waals surface area contributed by atoms with Crippen molar-refractivity contribution in [1.82, 2.24) is 4.31 Å². The zero-order valence-electron chi connectivity index (χ0n) is 20.0. The number of rotatable bonds is 11. The van der Waals surface area contributed by atoms with Gasteiger partial charge in [-0.15, -0.1) is 0 Å². The predicted octanol–water partition coefficient (Wildman–Crippen LogP) is 4.79. The van der Waals surface area contributed by atoms with Crippen LogP contribution in [0.5, 0.6) is 0 Å². The van der Waals surface area contributed by atoms with Crippen LogP contribution in [-0.4, -0.2) is 47.0 Å². The highest BCUT2D eigenvalue weighted by atomic mass is 35.5. The molecule has 2 aromatic rings. The van der Waals surface area contributed by atoms with E-state index in [1.807, 2.05) is 39.8 Å². The minimum Gasteiger partial charge on any atom is -0.377 e. The third-order valence-corrected chi connectivity index (χ3v) is 9.11. The van der Waals surface area contributed by atoms with Gasteiger partial charge in [0.15, 0.2) is 0 Å². The second kappa shape index (κ2) is 11.1. The first kappa shape index (κ1) is 27.4. The van der Waals surface area contributed by atoms with Gasteiger partial charge in [-0.05, 0) is 61.2 Å². The van der Waals surface area contributed by atoms with Gasteiger partial charge in [0.25, 0.3) is 0 Å². The molecule has 0 aromatic heterocycles. The van der Waals surface area contributed by atoms with Gasteiger partial charge in [0.2, 0.25) is 20.0 Å². The summed E-state index contributed by atoms with van der Waals surface area (Å²) in [6, 6.07) is 11.1. The van der Waals surface area contributed by atoms with Crippen molar-refractivity contribution in [2.24, 2.45) is 5.92 Å². The van der Waals surface area contributed by atoms with Crippen molar-refractivity contribution in [3.63, 3.8) is 0 Å². The maximum absolute atomic E-state index is 13.7. The van der Waals surface area contributed by atoms with E-state index in [4.69, 9.17) is 11.6 Å². The average molecular weight is 516 g/mol. The van der Waals surface area contributed by atoms with Crippen molar-refractivity contribution in [2.45, 2.75) is 51.6 Å². The van der Waals surface area contributed by atoms with E-state index < -0.39 is 20.0 Å². The fourth-order valence-electron chi connectivity index (χ4n) is 3.42. The van der Waals surface area contributed by atoms with Gasteiger partial charge in [0.05, 0.1) is 10.6 Å². The molecule has 1 unspecified atom stereocenters. The predicted molar refractivity (Wildman–Crippen MR) is 137 cm³/mol. The van der Waals surface area contributed by atoms with Gasteiger partial charge in [-0.2, -0.15) is 4.31 Å². The Bertz CT molecular complexity index is 1170. The van der Waals surface area contributed by atoms with Crippen LogP contribution in [0.1, 0.15) is 39.7 Å². The number of hydrogen-bond donors (Lipinski definition) is 1. The largest absolute Gasteiger partial charge is 0.377 e. The summed E-state index contributed by atoms with van der Waals surface area (Å²) in [4.78, 5) is 2.00. The number of halogens is 1. The lowest BCUT2D eigenvalue weighted by atomic mass is 10.1. The van der Waals surface area contributed by atoms with Crippen LogP contribution in [0.2, 0.25) is 5.02 Å². The monoisotopic (exact) mass is 515 g/mol. The Balaban J connectivity index is 2.58. The highest BCUT2D eigenvalue weighted by Crippen LogP contribution is 2.30. The van der Waals surface area contributed by atoms with E-state index >= 15 is 0 Å². The average Bonchev–Trinajstić information content (AvgIpc) is 2.70. The van der Waals surface area contributed by atoms with E-state index in [1.54, 1.807) is 37.3 Å². The van der Waals surface area contributed by atoms with E-state index in [1.165, 1.54) is 16.4 Å². The van der Waals surface area contributed by atoms with Crippen LogP contribution in [0, 0.1) is 5.92 Å². The maximum atomic E-state index is 13.7. The van der Waals surface area contributed by atoms with E-state index in [9.17, 15) is 16.8 Å². The molecule has 1 atom stereocenters. The molecule has 0 saturated carbocycles. The second-order valence-corrected chi connectivity index (χ2v) is 12.8. The summed E-state index contributed by atoms with van der Waals surface area (Å²) in [6.07, 6.45) is 0.496. The third-order valence-electron chi connectivity index (χ3n) is 5.46. The Labute approximate surface area is 203 Å². The molecule has 0 saturated heterocycles. The molecular weight excluding hydrogens is 482 g/mol. The molecule has 2 aromatic carbocycles. The van der Waals surface area contributed by atoms with Gasteiger partial charge in [-0.25, -0.2) is 16.8 Å². The number of nitrogens with one attached hydrogen (secondary N) is 1. The molecule has 0 aliphatic rings. The van der Waals surface area contributed by atoms with Crippen molar-refractivity contribution >= 4 is 43.0 Å². The molecule has 0 aliphatic carbocycles. The molecule has 10 heteroatoms. The normalized spacial score (nSPS) is 13.4. The van der Waals surface area contributed by atoms with Gasteiger partial charge < -0.3 is 4.90 Å². The van der Waals surface area contributed by atoms with Gasteiger partial charge in [-0.1, -0.05) is 38.4 Å². The first-order chi connectivity index (χ1) is 15.3. The molecule has 0 bridgehead atoms. The van der Waals surface area contributed by atoms with Crippen LogP contribution in [-0.2, 0) is 26.6 Å². The Kier molecular flexibility index (Phi) is 9.21. The molecule has 7 nitrogen and oxygen atoms in total. The molecule has 0 spiro atoms.